The minimum absolute atomic E-state index is 0.0252. The Morgan fingerprint density at radius 3 is 2.80 bits per heavy atom. The van der Waals surface area contributed by atoms with Gasteiger partial charge in [0.05, 0.1) is 17.2 Å². The average molecular weight is 302 g/mol. The van der Waals surface area contributed by atoms with Crippen LogP contribution < -0.4 is 5.73 Å². The van der Waals surface area contributed by atoms with Gasteiger partial charge in [-0.1, -0.05) is 6.92 Å². The van der Waals surface area contributed by atoms with Crippen molar-refractivity contribution in [1.29, 1.82) is 0 Å². The number of nitrogens with two attached hydrogens (primary N) is 1. The van der Waals surface area contributed by atoms with E-state index in [1.165, 1.54) is 16.4 Å². The second kappa shape index (κ2) is 6.07. The largest absolute Gasteiger partial charge is 0.396 e. The maximum atomic E-state index is 13.1. The summed E-state index contributed by atoms with van der Waals surface area (Å²) < 4.78 is 44.8. The zero-order valence-corrected chi connectivity index (χ0v) is 12.2. The van der Waals surface area contributed by atoms with Gasteiger partial charge < -0.3 is 10.5 Å². The number of hydrogen-bond donors (Lipinski definition) is 1. The third-order valence-electron chi connectivity index (χ3n) is 3.44. The fourth-order valence-corrected chi connectivity index (χ4v) is 3.80. The minimum Gasteiger partial charge on any atom is -0.396 e. The van der Waals surface area contributed by atoms with Crippen molar-refractivity contribution >= 4 is 15.7 Å². The van der Waals surface area contributed by atoms with Crippen molar-refractivity contribution in [2.45, 2.75) is 18.2 Å². The number of sulfonamides is 1. The maximum Gasteiger partial charge on any atom is 0.243 e. The second-order valence-electron chi connectivity index (χ2n) is 4.87. The van der Waals surface area contributed by atoms with E-state index in [2.05, 4.69) is 0 Å². The molecule has 2 rings (SSSR count). The third-order valence-corrected chi connectivity index (χ3v) is 5.38. The van der Waals surface area contributed by atoms with Crippen molar-refractivity contribution in [3.63, 3.8) is 0 Å². The summed E-state index contributed by atoms with van der Waals surface area (Å²) in [7, 11) is -3.65. The summed E-state index contributed by atoms with van der Waals surface area (Å²) >= 11 is 0. The summed E-state index contributed by atoms with van der Waals surface area (Å²) in [6, 6.07) is 3.49. The summed E-state index contributed by atoms with van der Waals surface area (Å²) in [4.78, 5) is 0.0252. The van der Waals surface area contributed by atoms with Gasteiger partial charge in [-0.3, -0.25) is 0 Å². The molecule has 5 nitrogen and oxygen atoms in total. The highest BCUT2D eigenvalue weighted by atomic mass is 32.2. The van der Waals surface area contributed by atoms with E-state index >= 15 is 0 Å². The lowest BCUT2D eigenvalue weighted by Crippen LogP contribution is -2.35. The fraction of sp³-hybridized carbons (Fsp3) is 0.538. The Hall–Kier alpha value is -1.18. The van der Waals surface area contributed by atoms with Crippen LogP contribution in [0.3, 0.4) is 0 Å². The van der Waals surface area contributed by atoms with E-state index in [0.29, 0.717) is 26.3 Å². The van der Waals surface area contributed by atoms with Gasteiger partial charge >= 0.3 is 0 Å². The Morgan fingerprint density at radius 2 is 2.25 bits per heavy atom. The smallest absolute Gasteiger partial charge is 0.243 e. The first-order valence-electron chi connectivity index (χ1n) is 6.58. The molecule has 1 aromatic carbocycles. The topological polar surface area (TPSA) is 72.6 Å². The first kappa shape index (κ1) is 15.2. The molecular formula is C13H19FN2O3S. The Bertz CT molecular complexity index is 571. The summed E-state index contributed by atoms with van der Waals surface area (Å²) in [6.07, 6.45) is 0.859. The second-order valence-corrected chi connectivity index (χ2v) is 6.81. The molecule has 1 fully saturated rings. The number of halogens is 1. The molecule has 0 saturated carbocycles. The van der Waals surface area contributed by atoms with Gasteiger partial charge in [0.25, 0.3) is 0 Å². The van der Waals surface area contributed by atoms with E-state index in [-0.39, 0.29) is 16.5 Å². The highest BCUT2D eigenvalue weighted by Crippen LogP contribution is 2.23. The van der Waals surface area contributed by atoms with Crippen LogP contribution in [0.1, 0.15) is 13.3 Å². The lowest BCUT2D eigenvalue weighted by molar-refractivity contribution is 0.181. The van der Waals surface area contributed by atoms with Crippen LogP contribution >= 0.6 is 0 Å². The van der Waals surface area contributed by atoms with Crippen molar-refractivity contribution in [2.24, 2.45) is 5.92 Å². The molecule has 0 amide bonds. The monoisotopic (exact) mass is 302 g/mol. The molecule has 2 N–H and O–H groups in total. The molecule has 0 radical (unpaired) electrons. The number of rotatable bonds is 5. The van der Waals surface area contributed by atoms with Crippen LogP contribution in [-0.2, 0) is 14.8 Å². The lowest BCUT2D eigenvalue weighted by Gasteiger charge is -2.23. The molecule has 1 aliphatic heterocycles. The Balaban J connectivity index is 2.23. The van der Waals surface area contributed by atoms with Crippen LogP contribution in [0.15, 0.2) is 23.1 Å². The van der Waals surface area contributed by atoms with Crippen LogP contribution in [0.25, 0.3) is 0 Å². The Labute approximate surface area is 118 Å². The van der Waals surface area contributed by atoms with E-state index in [1.807, 2.05) is 0 Å². The average Bonchev–Trinajstić information content (AvgIpc) is 2.91. The third kappa shape index (κ3) is 3.11. The molecule has 7 heteroatoms. The van der Waals surface area contributed by atoms with Gasteiger partial charge in [-0.2, -0.15) is 4.31 Å². The van der Waals surface area contributed by atoms with Crippen LogP contribution in [0.5, 0.6) is 0 Å². The quantitative estimate of drug-likeness (QED) is 0.836. The van der Waals surface area contributed by atoms with Crippen molar-refractivity contribution in [1.82, 2.24) is 4.31 Å². The van der Waals surface area contributed by atoms with E-state index < -0.39 is 15.8 Å². The number of nitrogens with zero attached hydrogens (tertiary/aromatic N) is 1. The first-order valence-corrected chi connectivity index (χ1v) is 8.02. The van der Waals surface area contributed by atoms with E-state index in [1.54, 1.807) is 6.92 Å². The van der Waals surface area contributed by atoms with Gasteiger partial charge in [0.2, 0.25) is 10.0 Å². The summed E-state index contributed by atoms with van der Waals surface area (Å²) in [6.45, 7) is 3.80. The normalized spacial score (nSPS) is 19.6. The fourth-order valence-electron chi connectivity index (χ4n) is 2.24. The van der Waals surface area contributed by atoms with Crippen LogP contribution in [-0.4, -0.2) is 39.0 Å². The zero-order chi connectivity index (χ0) is 14.8. The summed E-state index contributed by atoms with van der Waals surface area (Å²) in [5.41, 5.74) is 5.28. The molecular weight excluding hydrogens is 283 g/mol. The number of ether oxygens (including phenoxy) is 1. The Kier molecular flexibility index (Phi) is 4.62. The molecule has 0 bridgehead atoms. The number of benzene rings is 1. The highest BCUT2D eigenvalue weighted by Gasteiger charge is 2.28. The molecule has 1 unspecified atom stereocenters. The molecule has 20 heavy (non-hydrogen) atoms. The van der Waals surface area contributed by atoms with Gasteiger partial charge in [0, 0.05) is 19.7 Å². The zero-order valence-electron chi connectivity index (χ0n) is 11.4. The number of anilines is 1. The molecule has 0 aliphatic carbocycles. The molecule has 1 aliphatic rings. The molecule has 0 aromatic heterocycles. The van der Waals surface area contributed by atoms with Crippen LogP contribution in [0, 0.1) is 11.7 Å². The molecule has 1 saturated heterocycles. The van der Waals surface area contributed by atoms with Crippen molar-refractivity contribution in [3.8, 4) is 0 Å². The maximum absolute atomic E-state index is 13.1. The van der Waals surface area contributed by atoms with Gasteiger partial charge in [0.15, 0.2) is 0 Å². The number of nitrogen functional groups attached to an aromatic ring is 1. The van der Waals surface area contributed by atoms with E-state index in [9.17, 15) is 12.8 Å². The van der Waals surface area contributed by atoms with E-state index in [0.717, 1.165) is 12.5 Å². The van der Waals surface area contributed by atoms with Crippen LogP contribution in [0.2, 0.25) is 0 Å². The minimum atomic E-state index is -3.65. The SMILES string of the molecule is CCN(CC1CCOC1)S(=O)(=O)c1ccc(F)c(N)c1. The number of hydrogen-bond acceptors (Lipinski definition) is 4. The Morgan fingerprint density at radius 1 is 1.50 bits per heavy atom. The van der Waals surface area contributed by atoms with E-state index in [4.69, 9.17) is 10.5 Å². The molecule has 1 atom stereocenters. The van der Waals surface area contributed by atoms with Gasteiger partial charge in [-0.25, -0.2) is 12.8 Å². The van der Waals surface area contributed by atoms with Crippen molar-refractivity contribution < 1.29 is 17.5 Å². The van der Waals surface area contributed by atoms with Gasteiger partial charge in [-0.05, 0) is 30.5 Å². The lowest BCUT2D eigenvalue weighted by atomic mass is 10.1. The molecule has 1 aromatic rings. The van der Waals surface area contributed by atoms with Crippen LogP contribution in [0.4, 0.5) is 10.1 Å². The summed E-state index contributed by atoms with van der Waals surface area (Å²) in [5.74, 6) is -0.404. The molecule has 112 valence electrons. The molecule has 0 spiro atoms. The predicted molar refractivity (Wildman–Crippen MR) is 74.2 cm³/mol. The first-order chi connectivity index (χ1) is 9.45. The van der Waals surface area contributed by atoms with Gasteiger partial charge in [0.1, 0.15) is 5.82 Å². The summed E-state index contributed by atoms with van der Waals surface area (Å²) in [5, 5.41) is 0. The van der Waals surface area contributed by atoms with Gasteiger partial charge in [-0.15, -0.1) is 0 Å². The van der Waals surface area contributed by atoms with Crippen molar-refractivity contribution in [2.75, 3.05) is 32.0 Å². The molecule has 1 heterocycles. The highest BCUT2D eigenvalue weighted by molar-refractivity contribution is 7.89. The predicted octanol–water partition coefficient (Wildman–Crippen LogP) is 1.45. The standard InChI is InChI=1S/C13H19FN2O3S/c1-2-16(8-10-5-6-19-9-10)20(17,18)11-3-4-12(14)13(15)7-11/h3-4,7,10H,2,5-6,8-9,15H2,1H3. The van der Waals surface area contributed by atoms with Crippen molar-refractivity contribution in [3.05, 3.63) is 24.0 Å².